The van der Waals surface area contributed by atoms with Crippen molar-refractivity contribution in [2.45, 2.75) is 25.1 Å². The summed E-state index contributed by atoms with van der Waals surface area (Å²) >= 11 is 0. The summed E-state index contributed by atoms with van der Waals surface area (Å²) in [7, 11) is 0. The van der Waals surface area contributed by atoms with Crippen molar-refractivity contribution in [3.63, 3.8) is 0 Å². The Bertz CT molecular complexity index is 1090. The van der Waals surface area contributed by atoms with Gasteiger partial charge >= 0.3 is 0 Å². The zero-order valence-electron chi connectivity index (χ0n) is 17.7. The highest BCUT2D eigenvalue weighted by Crippen LogP contribution is 2.35. The number of nitrogens with zero attached hydrogens (tertiary/aromatic N) is 3. The van der Waals surface area contributed by atoms with Gasteiger partial charge in [0.15, 0.2) is 0 Å². The van der Waals surface area contributed by atoms with Crippen LogP contribution < -0.4 is 16.2 Å². The van der Waals surface area contributed by atoms with E-state index in [1.54, 1.807) is 9.58 Å². The molecule has 32 heavy (non-hydrogen) atoms. The van der Waals surface area contributed by atoms with Gasteiger partial charge in [-0.25, -0.2) is 4.68 Å². The van der Waals surface area contributed by atoms with Gasteiger partial charge in [-0.3, -0.25) is 4.79 Å². The third-order valence-electron chi connectivity index (χ3n) is 5.62. The Balaban J connectivity index is 1.63. The van der Waals surface area contributed by atoms with Crippen molar-refractivity contribution in [1.29, 1.82) is 0 Å². The summed E-state index contributed by atoms with van der Waals surface area (Å²) in [6.45, 7) is 4.71. The molecular formula is C24H27N5O3. The number of aromatic nitrogens is 2. The number of benzene rings is 2. The lowest BCUT2D eigenvalue weighted by molar-refractivity contribution is -0.127. The molecule has 2 heterocycles. The Labute approximate surface area is 186 Å². The predicted molar refractivity (Wildman–Crippen MR) is 123 cm³/mol. The first-order chi connectivity index (χ1) is 15.5. The molecule has 1 fully saturated rings. The molecule has 8 heteroatoms. The average Bonchev–Trinajstić information content (AvgIpc) is 3.17. The van der Waals surface area contributed by atoms with E-state index in [0.29, 0.717) is 35.9 Å². The summed E-state index contributed by atoms with van der Waals surface area (Å²) in [5.74, 6) is 1.60. The van der Waals surface area contributed by atoms with Crippen LogP contribution in [-0.4, -0.2) is 38.8 Å². The fourth-order valence-electron chi connectivity index (χ4n) is 4.03. The lowest BCUT2D eigenvalue weighted by Gasteiger charge is -2.32. The SMILES string of the molecule is C=CC(=O)N1CCC[C@@H](n2nc(-c3ccc(Oc4ccccc4)cc3)c(C(N)O)c2N)C1. The molecule has 1 unspecified atom stereocenters. The molecule has 1 aliphatic heterocycles. The first-order valence-corrected chi connectivity index (χ1v) is 10.5. The van der Waals surface area contributed by atoms with Crippen LogP contribution in [0.4, 0.5) is 5.82 Å². The highest BCUT2D eigenvalue weighted by atomic mass is 16.5. The molecule has 0 saturated carbocycles. The molecule has 0 aliphatic carbocycles. The van der Waals surface area contributed by atoms with Crippen LogP contribution in [-0.2, 0) is 4.79 Å². The molecule has 3 aromatic rings. The first-order valence-electron chi connectivity index (χ1n) is 10.5. The number of hydrogen-bond donors (Lipinski definition) is 3. The highest BCUT2D eigenvalue weighted by molar-refractivity contribution is 5.87. The summed E-state index contributed by atoms with van der Waals surface area (Å²) in [6.07, 6.45) is 1.67. The molecule has 0 radical (unpaired) electrons. The Hall–Kier alpha value is -3.62. The Morgan fingerprint density at radius 2 is 1.88 bits per heavy atom. The van der Waals surface area contributed by atoms with Gasteiger partial charge in [-0.1, -0.05) is 24.8 Å². The van der Waals surface area contributed by atoms with Crippen LogP contribution in [0.25, 0.3) is 11.3 Å². The minimum absolute atomic E-state index is 0.111. The summed E-state index contributed by atoms with van der Waals surface area (Å²) in [5, 5.41) is 14.9. The molecular weight excluding hydrogens is 406 g/mol. The lowest BCUT2D eigenvalue weighted by Crippen LogP contribution is -2.40. The van der Waals surface area contributed by atoms with E-state index in [9.17, 15) is 9.90 Å². The van der Waals surface area contributed by atoms with Crippen LogP contribution in [0.15, 0.2) is 67.3 Å². The Kier molecular flexibility index (Phi) is 6.25. The normalized spacial score (nSPS) is 17.1. The summed E-state index contributed by atoms with van der Waals surface area (Å²) in [4.78, 5) is 13.8. The maximum absolute atomic E-state index is 12.1. The summed E-state index contributed by atoms with van der Waals surface area (Å²) < 4.78 is 7.52. The maximum Gasteiger partial charge on any atom is 0.246 e. The van der Waals surface area contributed by atoms with Crippen LogP contribution in [0, 0.1) is 0 Å². The molecule has 0 spiro atoms. The largest absolute Gasteiger partial charge is 0.457 e. The Morgan fingerprint density at radius 3 is 2.53 bits per heavy atom. The molecule has 8 nitrogen and oxygen atoms in total. The van der Waals surface area contributed by atoms with Gasteiger partial charge in [0.1, 0.15) is 29.2 Å². The van der Waals surface area contributed by atoms with Crippen molar-refractivity contribution in [3.8, 4) is 22.8 Å². The lowest BCUT2D eigenvalue weighted by atomic mass is 10.0. The average molecular weight is 434 g/mol. The summed E-state index contributed by atoms with van der Waals surface area (Å²) in [5.41, 5.74) is 13.9. The number of aliphatic hydroxyl groups excluding tert-OH is 1. The van der Waals surface area contributed by atoms with Crippen molar-refractivity contribution < 1.29 is 14.6 Å². The van der Waals surface area contributed by atoms with E-state index >= 15 is 0 Å². The molecule has 2 atom stereocenters. The second kappa shape index (κ2) is 9.25. The van der Waals surface area contributed by atoms with Crippen LogP contribution in [0.2, 0.25) is 0 Å². The van der Waals surface area contributed by atoms with Gasteiger partial charge in [-0.05, 0) is 55.3 Å². The zero-order chi connectivity index (χ0) is 22.7. The molecule has 2 aromatic carbocycles. The number of piperidine rings is 1. The zero-order valence-corrected chi connectivity index (χ0v) is 17.7. The van der Waals surface area contributed by atoms with Crippen molar-refractivity contribution in [2.24, 2.45) is 5.73 Å². The van der Waals surface area contributed by atoms with E-state index in [1.807, 2.05) is 54.6 Å². The van der Waals surface area contributed by atoms with E-state index in [4.69, 9.17) is 21.3 Å². The van der Waals surface area contributed by atoms with Gasteiger partial charge in [0.25, 0.3) is 0 Å². The van der Waals surface area contributed by atoms with Crippen LogP contribution in [0.3, 0.4) is 0 Å². The smallest absolute Gasteiger partial charge is 0.246 e. The van der Waals surface area contributed by atoms with Crippen LogP contribution in [0.1, 0.15) is 30.7 Å². The molecule has 4 rings (SSSR count). The molecule has 5 N–H and O–H groups in total. The van der Waals surface area contributed by atoms with Gasteiger partial charge < -0.3 is 26.2 Å². The number of carbonyl (C=O) groups excluding carboxylic acids is 1. The monoisotopic (exact) mass is 433 g/mol. The molecule has 0 bridgehead atoms. The third kappa shape index (κ3) is 4.37. The number of nitrogen functional groups attached to an aromatic ring is 1. The van der Waals surface area contributed by atoms with Gasteiger partial charge in [0.05, 0.1) is 11.6 Å². The fourth-order valence-corrected chi connectivity index (χ4v) is 4.03. The number of carbonyl (C=O) groups is 1. The van der Waals surface area contributed by atoms with Gasteiger partial charge in [0, 0.05) is 18.7 Å². The quantitative estimate of drug-likeness (QED) is 0.406. The van der Waals surface area contributed by atoms with E-state index in [0.717, 1.165) is 24.2 Å². The number of amides is 1. The standard InChI is InChI=1S/C24H27N5O3/c1-2-20(30)28-14-6-7-17(15-28)29-23(25)21(24(26)31)22(27-29)16-10-12-19(13-11-16)32-18-8-4-3-5-9-18/h2-5,8-13,17,24,31H,1,6-7,14-15,25-26H2/t17-,24?/m1/s1. The summed E-state index contributed by atoms with van der Waals surface area (Å²) in [6, 6.07) is 16.7. The van der Waals surface area contributed by atoms with Crippen molar-refractivity contribution in [2.75, 3.05) is 18.8 Å². The molecule has 1 aromatic heterocycles. The first kappa shape index (κ1) is 21.6. The van der Waals surface area contributed by atoms with Crippen molar-refractivity contribution in [1.82, 2.24) is 14.7 Å². The van der Waals surface area contributed by atoms with E-state index in [-0.39, 0.29) is 11.9 Å². The number of ether oxygens (including phenoxy) is 1. The number of nitrogens with two attached hydrogens (primary N) is 2. The highest BCUT2D eigenvalue weighted by Gasteiger charge is 2.29. The minimum Gasteiger partial charge on any atom is -0.457 e. The van der Waals surface area contributed by atoms with Crippen LogP contribution >= 0.6 is 0 Å². The molecule has 166 valence electrons. The number of likely N-dealkylation sites (tertiary alicyclic amines) is 1. The number of aliphatic hydroxyl groups is 1. The van der Waals surface area contributed by atoms with Gasteiger partial charge in [-0.2, -0.15) is 5.10 Å². The van der Waals surface area contributed by atoms with E-state index in [1.165, 1.54) is 6.08 Å². The van der Waals surface area contributed by atoms with Crippen molar-refractivity contribution >= 4 is 11.7 Å². The fraction of sp³-hybridized carbons (Fsp3) is 0.250. The topological polar surface area (TPSA) is 120 Å². The maximum atomic E-state index is 12.1. The number of rotatable bonds is 6. The van der Waals surface area contributed by atoms with Crippen LogP contribution in [0.5, 0.6) is 11.5 Å². The predicted octanol–water partition coefficient (Wildman–Crippen LogP) is 3.22. The van der Waals surface area contributed by atoms with E-state index < -0.39 is 6.23 Å². The number of para-hydroxylation sites is 1. The van der Waals surface area contributed by atoms with E-state index in [2.05, 4.69) is 6.58 Å². The third-order valence-corrected chi connectivity index (χ3v) is 5.62. The second-order valence-electron chi connectivity index (χ2n) is 7.76. The van der Waals surface area contributed by atoms with Crippen molar-refractivity contribution in [3.05, 3.63) is 72.8 Å². The minimum atomic E-state index is -1.28. The van der Waals surface area contributed by atoms with Gasteiger partial charge in [-0.15, -0.1) is 0 Å². The molecule has 1 amide bonds. The number of hydrogen-bond acceptors (Lipinski definition) is 6. The van der Waals surface area contributed by atoms with Gasteiger partial charge in [0.2, 0.25) is 5.91 Å². The second-order valence-corrected chi connectivity index (χ2v) is 7.76. The number of anilines is 1. The molecule has 1 aliphatic rings. The Morgan fingerprint density at radius 1 is 1.19 bits per heavy atom. The molecule has 1 saturated heterocycles.